The van der Waals surface area contributed by atoms with Crippen LogP contribution < -0.4 is 10.1 Å². The predicted molar refractivity (Wildman–Crippen MR) is 88.4 cm³/mol. The number of aromatic nitrogens is 2. The molecule has 0 aliphatic rings. The van der Waals surface area contributed by atoms with Gasteiger partial charge in [0.05, 0.1) is 0 Å². The molecule has 0 unspecified atom stereocenters. The van der Waals surface area contributed by atoms with Crippen LogP contribution in [0.5, 0.6) is 5.75 Å². The smallest absolute Gasteiger partial charge is 0.226 e. The molecule has 0 fully saturated rings. The summed E-state index contributed by atoms with van der Waals surface area (Å²) in [5.74, 6) is 0.645. The van der Waals surface area contributed by atoms with Crippen molar-refractivity contribution in [2.45, 2.75) is 33.8 Å². The van der Waals surface area contributed by atoms with Gasteiger partial charge in [-0.25, -0.2) is 0 Å². The van der Waals surface area contributed by atoms with Crippen LogP contribution in [0.2, 0.25) is 5.02 Å². The van der Waals surface area contributed by atoms with Gasteiger partial charge in [0, 0.05) is 11.4 Å². The summed E-state index contributed by atoms with van der Waals surface area (Å²) in [5, 5.41) is 12.6. The minimum Gasteiger partial charge on any atom is -0.486 e. The first-order valence-electron chi connectivity index (χ1n) is 6.82. The second-order valence-electron chi connectivity index (χ2n) is 6.03. The highest BCUT2D eigenvalue weighted by Crippen LogP contribution is 2.22. The summed E-state index contributed by atoms with van der Waals surface area (Å²) in [5.41, 5.74) is -0.0602. The van der Waals surface area contributed by atoms with E-state index in [2.05, 4.69) is 15.5 Å². The first-order valence-corrected chi connectivity index (χ1v) is 8.02. The predicted octanol–water partition coefficient (Wildman–Crippen LogP) is 4.15. The quantitative estimate of drug-likeness (QED) is 0.888. The molecule has 1 heterocycles. The monoisotopic (exact) mass is 339 g/mol. The van der Waals surface area contributed by atoms with Gasteiger partial charge in [-0.1, -0.05) is 43.7 Å². The first kappa shape index (κ1) is 16.7. The lowest BCUT2D eigenvalue weighted by Gasteiger charge is -2.16. The van der Waals surface area contributed by atoms with Crippen LogP contribution in [-0.4, -0.2) is 16.1 Å². The Morgan fingerprint density at radius 1 is 1.27 bits per heavy atom. The van der Waals surface area contributed by atoms with E-state index in [-0.39, 0.29) is 11.3 Å². The van der Waals surface area contributed by atoms with Gasteiger partial charge in [0.25, 0.3) is 0 Å². The molecule has 0 saturated carbocycles. The van der Waals surface area contributed by atoms with Crippen molar-refractivity contribution in [3.8, 4) is 5.75 Å². The summed E-state index contributed by atoms with van der Waals surface area (Å²) < 4.78 is 5.58. The van der Waals surface area contributed by atoms with Crippen LogP contribution in [0.1, 0.15) is 32.2 Å². The molecule has 0 saturated heterocycles. The highest BCUT2D eigenvalue weighted by Gasteiger charge is 2.17. The van der Waals surface area contributed by atoms with Crippen LogP contribution in [0.25, 0.3) is 0 Å². The van der Waals surface area contributed by atoms with E-state index in [4.69, 9.17) is 16.3 Å². The highest BCUT2D eigenvalue weighted by atomic mass is 35.5. The van der Waals surface area contributed by atoms with Crippen LogP contribution >= 0.6 is 22.9 Å². The average Bonchev–Trinajstić information content (AvgIpc) is 2.83. The van der Waals surface area contributed by atoms with Crippen molar-refractivity contribution in [2.24, 2.45) is 5.41 Å². The van der Waals surface area contributed by atoms with Gasteiger partial charge in [0.1, 0.15) is 12.4 Å². The number of hydrogen-bond donors (Lipinski definition) is 1. The zero-order valence-corrected chi connectivity index (χ0v) is 14.3. The van der Waals surface area contributed by atoms with Crippen molar-refractivity contribution in [3.05, 3.63) is 34.3 Å². The van der Waals surface area contributed by atoms with E-state index in [1.54, 1.807) is 24.3 Å². The lowest BCUT2D eigenvalue weighted by molar-refractivity contribution is -0.117. The lowest BCUT2D eigenvalue weighted by atomic mass is 9.92. The molecule has 22 heavy (non-hydrogen) atoms. The van der Waals surface area contributed by atoms with Crippen molar-refractivity contribution < 1.29 is 9.53 Å². The summed E-state index contributed by atoms with van der Waals surface area (Å²) in [6.07, 6.45) is 0.434. The van der Waals surface area contributed by atoms with Gasteiger partial charge in [0.15, 0.2) is 5.01 Å². The molecular formula is C15H18ClN3O2S. The molecule has 1 amide bonds. The molecule has 1 aromatic heterocycles. The Morgan fingerprint density at radius 2 is 1.95 bits per heavy atom. The third-order valence-electron chi connectivity index (χ3n) is 2.58. The number of benzene rings is 1. The maximum Gasteiger partial charge on any atom is 0.226 e. The number of carbonyl (C=O) groups is 1. The van der Waals surface area contributed by atoms with Crippen molar-refractivity contribution in [1.82, 2.24) is 10.2 Å². The molecule has 7 heteroatoms. The molecule has 1 aromatic carbocycles. The minimum absolute atomic E-state index is 0.0602. The zero-order chi connectivity index (χ0) is 16.2. The topological polar surface area (TPSA) is 64.1 Å². The Balaban J connectivity index is 1.86. The second-order valence-corrected chi connectivity index (χ2v) is 7.53. The van der Waals surface area contributed by atoms with E-state index in [1.165, 1.54) is 11.3 Å². The number of rotatable bonds is 5. The van der Waals surface area contributed by atoms with E-state index in [9.17, 15) is 4.79 Å². The summed E-state index contributed by atoms with van der Waals surface area (Å²) in [4.78, 5) is 11.8. The molecule has 0 bridgehead atoms. The molecule has 0 spiro atoms. The van der Waals surface area contributed by atoms with Gasteiger partial charge < -0.3 is 10.1 Å². The van der Waals surface area contributed by atoms with Crippen LogP contribution in [-0.2, 0) is 11.4 Å². The second kappa shape index (κ2) is 7.07. The largest absolute Gasteiger partial charge is 0.486 e. The average molecular weight is 340 g/mol. The number of carbonyl (C=O) groups excluding carboxylic acids is 1. The molecule has 118 valence electrons. The number of anilines is 1. The fourth-order valence-corrected chi connectivity index (χ4v) is 2.48. The Labute approximate surface area is 138 Å². The van der Waals surface area contributed by atoms with Crippen LogP contribution in [0.15, 0.2) is 24.3 Å². The van der Waals surface area contributed by atoms with Crippen molar-refractivity contribution in [2.75, 3.05) is 5.32 Å². The van der Waals surface area contributed by atoms with Gasteiger partial charge >= 0.3 is 0 Å². The van der Waals surface area contributed by atoms with E-state index >= 15 is 0 Å². The molecule has 0 radical (unpaired) electrons. The molecule has 5 nitrogen and oxygen atoms in total. The summed E-state index contributed by atoms with van der Waals surface area (Å²) >= 11 is 7.11. The maximum absolute atomic E-state index is 11.8. The van der Waals surface area contributed by atoms with Crippen LogP contribution in [0, 0.1) is 5.41 Å². The van der Waals surface area contributed by atoms with Crippen molar-refractivity contribution in [1.29, 1.82) is 0 Å². The van der Waals surface area contributed by atoms with E-state index < -0.39 is 0 Å². The SMILES string of the molecule is CC(C)(C)CC(=O)Nc1nnc(COc2ccc(Cl)cc2)s1. The standard InChI is InChI=1S/C15H18ClN3O2S/c1-15(2,3)8-12(20)17-14-19-18-13(22-14)9-21-11-6-4-10(16)5-7-11/h4-7H,8-9H2,1-3H3,(H,17,19,20). The Kier molecular flexibility index (Phi) is 5.37. The summed E-state index contributed by atoms with van der Waals surface area (Å²) in [6, 6.07) is 7.09. The Hall–Kier alpha value is -1.66. The highest BCUT2D eigenvalue weighted by molar-refractivity contribution is 7.15. The van der Waals surface area contributed by atoms with Crippen LogP contribution in [0.4, 0.5) is 5.13 Å². The minimum atomic E-state index is -0.0613. The van der Waals surface area contributed by atoms with Gasteiger partial charge in [-0.15, -0.1) is 10.2 Å². The van der Waals surface area contributed by atoms with Crippen molar-refractivity contribution in [3.63, 3.8) is 0 Å². The molecule has 2 aromatic rings. The number of nitrogens with one attached hydrogen (secondary N) is 1. The van der Waals surface area contributed by atoms with E-state index in [0.29, 0.717) is 33.9 Å². The number of nitrogens with zero attached hydrogens (tertiary/aromatic N) is 2. The first-order chi connectivity index (χ1) is 10.3. The maximum atomic E-state index is 11.8. The third-order valence-corrected chi connectivity index (χ3v) is 3.64. The molecule has 2 rings (SSSR count). The molecule has 1 N–H and O–H groups in total. The van der Waals surface area contributed by atoms with Gasteiger partial charge in [-0.05, 0) is 29.7 Å². The van der Waals surface area contributed by atoms with Gasteiger partial charge in [0.2, 0.25) is 11.0 Å². The molecule has 0 aliphatic carbocycles. The lowest BCUT2D eigenvalue weighted by Crippen LogP contribution is -2.19. The Morgan fingerprint density at radius 3 is 2.59 bits per heavy atom. The fourth-order valence-electron chi connectivity index (χ4n) is 1.68. The van der Waals surface area contributed by atoms with Crippen LogP contribution in [0.3, 0.4) is 0 Å². The number of ether oxygens (including phenoxy) is 1. The Bertz CT molecular complexity index is 635. The third kappa shape index (κ3) is 5.61. The molecule has 0 atom stereocenters. The van der Waals surface area contributed by atoms with Gasteiger partial charge in [-0.2, -0.15) is 0 Å². The molecular weight excluding hydrogens is 322 g/mol. The normalized spacial score (nSPS) is 11.3. The summed E-state index contributed by atoms with van der Waals surface area (Å²) in [7, 11) is 0. The molecule has 0 aliphatic heterocycles. The zero-order valence-electron chi connectivity index (χ0n) is 12.7. The van der Waals surface area contributed by atoms with E-state index in [0.717, 1.165) is 0 Å². The van der Waals surface area contributed by atoms with Crippen molar-refractivity contribution >= 4 is 34.0 Å². The van der Waals surface area contributed by atoms with E-state index in [1.807, 2.05) is 20.8 Å². The number of halogens is 1. The fraction of sp³-hybridized carbons (Fsp3) is 0.400. The number of hydrogen-bond acceptors (Lipinski definition) is 5. The van der Waals surface area contributed by atoms with Gasteiger partial charge in [-0.3, -0.25) is 4.79 Å². The summed E-state index contributed by atoms with van der Waals surface area (Å²) in [6.45, 7) is 6.34. The number of amides is 1.